The highest BCUT2D eigenvalue weighted by atomic mass is 35.5. The first-order valence-electron chi connectivity index (χ1n) is 6.25. The van der Waals surface area contributed by atoms with Crippen molar-refractivity contribution in [1.82, 2.24) is 0 Å². The first-order valence-corrected chi connectivity index (χ1v) is 6.63. The van der Waals surface area contributed by atoms with E-state index in [0.29, 0.717) is 11.4 Å². The van der Waals surface area contributed by atoms with E-state index >= 15 is 0 Å². The molecular weight excluding hydrogens is 260 g/mol. The Morgan fingerprint density at radius 2 is 1.89 bits per heavy atom. The van der Waals surface area contributed by atoms with Gasteiger partial charge in [-0.2, -0.15) is 0 Å². The van der Waals surface area contributed by atoms with Crippen LogP contribution in [-0.2, 0) is 0 Å². The highest BCUT2D eigenvalue weighted by molar-refractivity contribution is 6.30. The average molecular weight is 277 g/mol. The quantitative estimate of drug-likeness (QED) is 0.898. The van der Waals surface area contributed by atoms with Crippen LogP contribution in [0, 0.1) is 0 Å². The minimum absolute atomic E-state index is 0.0832. The van der Waals surface area contributed by atoms with Crippen molar-refractivity contribution in [3.05, 3.63) is 64.7 Å². The molecule has 0 spiro atoms. The fraction of sp³-hybridized carbons (Fsp3) is 0.250. The summed E-state index contributed by atoms with van der Waals surface area (Å²) in [5.74, 6) is 0.881. The van der Waals surface area contributed by atoms with Gasteiger partial charge in [0.2, 0.25) is 0 Å². The highest BCUT2D eigenvalue weighted by Gasteiger charge is 2.18. The molecule has 0 heterocycles. The van der Waals surface area contributed by atoms with Gasteiger partial charge in [0.25, 0.3) is 0 Å². The van der Waals surface area contributed by atoms with E-state index in [0.717, 1.165) is 16.9 Å². The summed E-state index contributed by atoms with van der Waals surface area (Å²) in [6.07, 6.45) is 0.640. The van der Waals surface area contributed by atoms with Crippen LogP contribution in [-0.4, -0.2) is 18.8 Å². The fourth-order valence-electron chi connectivity index (χ4n) is 2.29. The van der Waals surface area contributed by atoms with Crippen LogP contribution < -0.4 is 4.74 Å². The van der Waals surface area contributed by atoms with Gasteiger partial charge >= 0.3 is 0 Å². The van der Waals surface area contributed by atoms with Crippen LogP contribution in [0.1, 0.15) is 23.5 Å². The van der Waals surface area contributed by atoms with Gasteiger partial charge in [-0.1, -0.05) is 41.9 Å². The monoisotopic (exact) mass is 276 g/mol. The van der Waals surface area contributed by atoms with Crippen molar-refractivity contribution in [3.63, 3.8) is 0 Å². The molecule has 0 saturated heterocycles. The van der Waals surface area contributed by atoms with E-state index in [1.54, 1.807) is 7.11 Å². The minimum Gasteiger partial charge on any atom is -0.496 e. The van der Waals surface area contributed by atoms with Gasteiger partial charge in [0, 0.05) is 23.1 Å². The lowest BCUT2D eigenvalue weighted by atomic mass is 9.88. The fourth-order valence-corrected chi connectivity index (χ4v) is 2.47. The van der Waals surface area contributed by atoms with Crippen LogP contribution in [0.15, 0.2) is 48.5 Å². The standard InChI is InChI=1S/C16H17ClO2/c1-19-16-8-7-13(17)11-15(16)14(9-10-18)12-5-3-2-4-6-12/h2-8,11,14,18H,9-10H2,1H3. The number of benzene rings is 2. The smallest absolute Gasteiger partial charge is 0.122 e. The summed E-state index contributed by atoms with van der Waals surface area (Å²) >= 11 is 6.09. The van der Waals surface area contributed by atoms with Crippen LogP contribution in [0.4, 0.5) is 0 Å². The number of hydrogen-bond acceptors (Lipinski definition) is 2. The molecule has 1 atom stereocenters. The van der Waals surface area contributed by atoms with Gasteiger partial charge < -0.3 is 9.84 Å². The molecule has 0 aliphatic carbocycles. The van der Waals surface area contributed by atoms with Crippen molar-refractivity contribution in [2.45, 2.75) is 12.3 Å². The number of hydrogen-bond donors (Lipinski definition) is 1. The van der Waals surface area contributed by atoms with E-state index in [2.05, 4.69) is 12.1 Å². The van der Waals surface area contributed by atoms with E-state index in [-0.39, 0.29) is 12.5 Å². The van der Waals surface area contributed by atoms with Gasteiger partial charge in [-0.15, -0.1) is 0 Å². The first kappa shape index (κ1) is 13.9. The predicted molar refractivity (Wildman–Crippen MR) is 78.0 cm³/mol. The molecule has 0 saturated carbocycles. The van der Waals surface area contributed by atoms with Crippen LogP contribution in [0.3, 0.4) is 0 Å². The van der Waals surface area contributed by atoms with Crippen molar-refractivity contribution >= 4 is 11.6 Å². The normalized spacial score (nSPS) is 12.2. The Balaban J connectivity index is 2.47. The molecule has 0 aliphatic rings. The number of methoxy groups -OCH3 is 1. The Kier molecular flexibility index (Phi) is 4.83. The number of aliphatic hydroxyl groups excluding tert-OH is 1. The maximum atomic E-state index is 9.32. The third-order valence-electron chi connectivity index (χ3n) is 3.19. The minimum atomic E-state index is 0.0832. The largest absolute Gasteiger partial charge is 0.496 e. The van der Waals surface area contributed by atoms with Crippen LogP contribution in [0.2, 0.25) is 5.02 Å². The van der Waals surface area contributed by atoms with Crippen molar-refractivity contribution in [2.75, 3.05) is 13.7 Å². The summed E-state index contributed by atoms with van der Waals surface area (Å²) in [5, 5.41) is 9.99. The van der Waals surface area contributed by atoms with Gasteiger partial charge in [-0.3, -0.25) is 0 Å². The molecule has 0 fully saturated rings. The molecule has 100 valence electrons. The van der Waals surface area contributed by atoms with E-state index in [4.69, 9.17) is 16.3 Å². The number of halogens is 1. The van der Waals surface area contributed by atoms with Gasteiger partial charge in [0.1, 0.15) is 5.75 Å². The molecule has 0 bridgehead atoms. The van der Waals surface area contributed by atoms with Crippen LogP contribution >= 0.6 is 11.6 Å². The average Bonchev–Trinajstić information content (AvgIpc) is 2.45. The van der Waals surface area contributed by atoms with Gasteiger partial charge in [0.15, 0.2) is 0 Å². The Labute approximate surface area is 118 Å². The zero-order valence-electron chi connectivity index (χ0n) is 10.8. The van der Waals surface area contributed by atoms with Crippen molar-refractivity contribution < 1.29 is 9.84 Å². The summed E-state index contributed by atoms with van der Waals surface area (Å²) in [5.41, 5.74) is 2.16. The number of aliphatic hydroxyl groups is 1. The Hall–Kier alpha value is -1.51. The third kappa shape index (κ3) is 3.28. The lowest BCUT2D eigenvalue weighted by Gasteiger charge is -2.20. The summed E-state index contributed by atoms with van der Waals surface area (Å²) in [6.45, 7) is 0.120. The number of ether oxygens (including phenoxy) is 1. The van der Waals surface area contributed by atoms with Crippen molar-refractivity contribution in [3.8, 4) is 5.75 Å². The predicted octanol–water partition coefficient (Wildman–Crippen LogP) is 3.86. The topological polar surface area (TPSA) is 29.5 Å². The lowest BCUT2D eigenvalue weighted by molar-refractivity contribution is 0.280. The summed E-state index contributed by atoms with van der Waals surface area (Å²) in [4.78, 5) is 0. The molecule has 0 amide bonds. The molecule has 2 rings (SSSR count). The zero-order valence-corrected chi connectivity index (χ0v) is 11.6. The maximum absolute atomic E-state index is 9.32. The molecule has 3 heteroatoms. The Morgan fingerprint density at radius 3 is 2.53 bits per heavy atom. The third-order valence-corrected chi connectivity index (χ3v) is 3.42. The second kappa shape index (κ2) is 6.60. The van der Waals surface area contributed by atoms with Crippen LogP contribution in [0.25, 0.3) is 0 Å². The van der Waals surface area contributed by atoms with E-state index in [1.807, 2.05) is 36.4 Å². The van der Waals surface area contributed by atoms with Gasteiger partial charge in [-0.05, 0) is 30.2 Å². The lowest BCUT2D eigenvalue weighted by Crippen LogP contribution is -2.05. The van der Waals surface area contributed by atoms with E-state index < -0.39 is 0 Å². The summed E-state index contributed by atoms with van der Waals surface area (Å²) in [6, 6.07) is 15.7. The molecule has 1 unspecified atom stereocenters. The molecule has 2 nitrogen and oxygen atoms in total. The Bertz CT molecular complexity index is 526. The summed E-state index contributed by atoms with van der Waals surface area (Å²) in [7, 11) is 1.65. The molecule has 2 aromatic carbocycles. The van der Waals surface area contributed by atoms with Gasteiger partial charge in [0.05, 0.1) is 7.11 Å². The van der Waals surface area contributed by atoms with Gasteiger partial charge in [-0.25, -0.2) is 0 Å². The molecule has 1 N–H and O–H groups in total. The number of rotatable bonds is 5. The van der Waals surface area contributed by atoms with Crippen molar-refractivity contribution in [2.24, 2.45) is 0 Å². The second-order valence-corrected chi connectivity index (χ2v) is 4.80. The van der Waals surface area contributed by atoms with Crippen LogP contribution in [0.5, 0.6) is 5.75 Å². The van der Waals surface area contributed by atoms with E-state index in [1.165, 1.54) is 0 Å². The SMILES string of the molecule is COc1ccc(Cl)cc1C(CCO)c1ccccc1. The maximum Gasteiger partial charge on any atom is 0.122 e. The second-order valence-electron chi connectivity index (χ2n) is 4.36. The molecular formula is C16H17ClO2. The Morgan fingerprint density at radius 1 is 1.16 bits per heavy atom. The van der Waals surface area contributed by atoms with Crippen molar-refractivity contribution in [1.29, 1.82) is 0 Å². The molecule has 0 aromatic heterocycles. The molecule has 2 aromatic rings. The molecule has 19 heavy (non-hydrogen) atoms. The first-order chi connectivity index (χ1) is 9.26. The van der Waals surface area contributed by atoms with E-state index in [9.17, 15) is 5.11 Å². The summed E-state index contributed by atoms with van der Waals surface area (Å²) < 4.78 is 5.41. The molecule has 0 radical (unpaired) electrons. The highest BCUT2D eigenvalue weighted by Crippen LogP contribution is 2.35. The zero-order chi connectivity index (χ0) is 13.7. The molecule has 0 aliphatic heterocycles.